The molecule has 0 radical (unpaired) electrons. The molecule has 0 spiro atoms. The van der Waals surface area contributed by atoms with Crippen molar-refractivity contribution in [2.24, 2.45) is 0 Å². The van der Waals surface area contributed by atoms with Crippen LogP contribution in [0.4, 0.5) is 0 Å². The van der Waals surface area contributed by atoms with E-state index in [2.05, 4.69) is 9.78 Å². The Labute approximate surface area is 64.7 Å². The summed E-state index contributed by atoms with van der Waals surface area (Å²) in [4.78, 5) is 19.4. The third-order valence-electron chi connectivity index (χ3n) is 1.10. The van der Waals surface area contributed by atoms with Crippen molar-refractivity contribution >= 4 is 5.97 Å². The third kappa shape index (κ3) is 3.75. The van der Waals surface area contributed by atoms with Crippen LogP contribution in [0.25, 0.3) is 0 Å². The van der Waals surface area contributed by atoms with Crippen LogP contribution in [0.5, 0.6) is 0 Å². The predicted molar refractivity (Wildman–Crippen MR) is 36.6 cm³/mol. The van der Waals surface area contributed by atoms with E-state index in [4.69, 9.17) is 4.74 Å². The molecule has 11 heavy (non-hydrogen) atoms. The van der Waals surface area contributed by atoms with E-state index in [-0.39, 0.29) is 6.10 Å². The third-order valence-corrected chi connectivity index (χ3v) is 1.10. The molecule has 0 N–H and O–H groups in total. The highest BCUT2D eigenvalue weighted by atomic mass is 17.2. The lowest BCUT2D eigenvalue weighted by Gasteiger charge is -1.96. The Morgan fingerprint density at radius 1 is 1.82 bits per heavy atom. The van der Waals surface area contributed by atoms with E-state index in [1.165, 1.54) is 6.08 Å². The minimum absolute atomic E-state index is 0.119. The van der Waals surface area contributed by atoms with E-state index in [1.807, 2.05) is 0 Å². The molecule has 1 unspecified atom stereocenters. The summed E-state index contributed by atoms with van der Waals surface area (Å²) in [5.41, 5.74) is 0. The molecule has 0 aliphatic carbocycles. The molecular formula is C7H10O4. The minimum Gasteiger partial charge on any atom is -0.370 e. The Kier molecular flexibility index (Phi) is 3.07. The Balaban J connectivity index is 1.96. The van der Waals surface area contributed by atoms with Crippen LogP contribution in [0, 0.1) is 0 Å². The van der Waals surface area contributed by atoms with Gasteiger partial charge in [-0.1, -0.05) is 6.08 Å². The maximum absolute atomic E-state index is 10.6. The molecule has 1 rings (SSSR count). The van der Waals surface area contributed by atoms with Crippen molar-refractivity contribution in [3.05, 3.63) is 12.2 Å². The molecule has 0 amide bonds. The molecule has 0 aromatic heterocycles. The summed E-state index contributed by atoms with van der Waals surface area (Å²) in [6, 6.07) is 0. The van der Waals surface area contributed by atoms with Crippen LogP contribution >= 0.6 is 0 Å². The van der Waals surface area contributed by atoms with E-state index in [1.54, 1.807) is 13.0 Å². The lowest BCUT2D eigenvalue weighted by molar-refractivity contribution is -0.268. The van der Waals surface area contributed by atoms with Crippen molar-refractivity contribution in [3.8, 4) is 0 Å². The number of carbonyl (C=O) groups excluding carboxylic acids is 1. The molecule has 0 aromatic rings. The first-order valence-corrected chi connectivity index (χ1v) is 3.40. The first-order chi connectivity index (χ1) is 5.33. The molecule has 4 nitrogen and oxygen atoms in total. The maximum atomic E-state index is 10.6. The molecule has 0 saturated carbocycles. The Hall–Kier alpha value is -0.870. The van der Waals surface area contributed by atoms with Crippen LogP contribution in [-0.2, 0) is 19.3 Å². The molecular weight excluding hydrogens is 148 g/mol. The molecule has 4 heteroatoms. The van der Waals surface area contributed by atoms with Crippen molar-refractivity contribution in [2.45, 2.75) is 13.0 Å². The van der Waals surface area contributed by atoms with Crippen molar-refractivity contribution in [3.63, 3.8) is 0 Å². The van der Waals surface area contributed by atoms with Crippen LogP contribution < -0.4 is 0 Å². The minimum atomic E-state index is -0.492. The molecule has 0 bridgehead atoms. The van der Waals surface area contributed by atoms with Crippen molar-refractivity contribution in [1.29, 1.82) is 0 Å². The summed E-state index contributed by atoms with van der Waals surface area (Å²) >= 11 is 0. The maximum Gasteiger partial charge on any atom is 0.365 e. The SMILES string of the molecule is CC=CC(=O)OOCC1CO1. The van der Waals surface area contributed by atoms with Crippen molar-refractivity contribution in [1.82, 2.24) is 0 Å². The monoisotopic (exact) mass is 158 g/mol. The lowest BCUT2D eigenvalue weighted by atomic mass is 10.5. The number of hydrogen-bond donors (Lipinski definition) is 0. The van der Waals surface area contributed by atoms with E-state index < -0.39 is 5.97 Å². The van der Waals surface area contributed by atoms with Gasteiger partial charge in [0.1, 0.15) is 12.7 Å². The van der Waals surface area contributed by atoms with Gasteiger partial charge in [-0.25, -0.2) is 4.79 Å². The zero-order chi connectivity index (χ0) is 8.10. The largest absolute Gasteiger partial charge is 0.370 e. The number of carbonyl (C=O) groups is 1. The normalized spacial score (nSPS) is 22.1. The van der Waals surface area contributed by atoms with Gasteiger partial charge in [0.05, 0.1) is 6.61 Å². The smallest absolute Gasteiger partial charge is 0.365 e. The van der Waals surface area contributed by atoms with Crippen LogP contribution in [0.2, 0.25) is 0 Å². The van der Waals surface area contributed by atoms with Gasteiger partial charge in [0.2, 0.25) is 0 Å². The summed E-state index contributed by atoms with van der Waals surface area (Å²) in [5, 5.41) is 0. The molecule has 1 aliphatic rings. The average molecular weight is 158 g/mol. The second kappa shape index (κ2) is 4.10. The number of epoxide rings is 1. The van der Waals surface area contributed by atoms with Gasteiger partial charge in [-0.2, -0.15) is 4.89 Å². The van der Waals surface area contributed by atoms with Gasteiger partial charge in [0.25, 0.3) is 0 Å². The predicted octanol–water partition coefficient (Wildman–Crippen LogP) is 0.436. The van der Waals surface area contributed by atoms with Crippen LogP contribution in [0.15, 0.2) is 12.2 Å². The van der Waals surface area contributed by atoms with Gasteiger partial charge >= 0.3 is 5.97 Å². The lowest BCUT2D eigenvalue weighted by Crippen LogP contribution is -2.06. The van der Waals surface area contributed by atoms with Crippen molar-refractivity contribution in [2.75, 3.05) is 13.2 Å². The summed E-state index contributed by atoms with van der Waals surface area (Å²) in [6.07, 6.45) is 2.99. The van der Waals surface area contributed by atoms with Crippen LogP contribution in [0.3, 0.4) is 0 Å². The number of ether oxygens (including phenoxy) is 1. The fourth-order valence-corrected chi connectivity index (χ4v) is 0.496. The highest BCUT2D eigenvalue weighted by molar-refractivity contribution is 5.81. The quantitative estimate of drug-likeness (QED) is 0.258. The zero-order valence-corrected chi connectivity index (χ0v) is 6.28. The summed E-state index contributed by atoms with van der Waals surface area (Å²) < 4.78 is 4.82. The Morgan fingerprint density at radius 2 is 2.55 bits per heavy atom. The van der Waals surface area contributed by atoms with E-state index in [0.717, 1.165) is 0 Å². The summed E-state index contributed by atoms with van der Waals surface area (Å²) in [6.45, 7) is 2.75. The summed E-state index contributed by atoms with van der Waals surface area (Å²) in [5.74, 6) is -0.492. The van der Waals surface area contributed by atoms with Crippen LogP contribution in [-0.4, -0.2) is 25.3 Å². The highest BCUT2D eigenvalue weighted by Gasteiger charge is 2.23. The fraction of sp³-hybridized carbons (Fsp3) is 0.571. The average Bonchev–Trinajstić information content (AvgIpc) is 2.72. The molecule has 1 fully saturated rings. The fourth-order valence-electron chi connectivity index (χ4n) is 0.496. The highest BCUT2D eigenvalue weighted by Crippen LogP contribution is 2.08. The zero-order valence-electron chi connectivity index (χ0n) is 6.28. The van der Waals surface area contributed by atoms with E-state index in [0.29, 0.717) is 13.2 Å². The van der Waals surface area contributed by atoms with Gasteiger partial charge in [0, 0.05) is 6.08 Å². The second-order valence-corrected chi connectivity index (χ2v) is 2.14. The molecule has 1 aliphatic heterocycles. The van der Waals surface area contributed by atoms with Gasteiger partial charge in [-0.05, 0) is 6.92 Å². The van der Waals surface area contributed by atoms with E-state index >= 15 is 0 Å². The van der Waals surface area contributed by atoms with Gasteiger partial charge in [-0.3, -0.25) is 4.89 Å². The summed E-state index contributed by atoms with van der Waals surface area (Å²) in [7, 11) is 0. The topological polar surface area (TPSA) is 48.1 Å². The molecule has 62 valence electrons. The first-order valence-electron chi connectivity index (χ1n) is 3.40. The number of allylic oxidation sites excluding steroid dienone is 1. The van der Waals surface area contributed by atoms with E-state index in [9.17, 15) is 4.79 Å². The Morgan fingerprint density at radius 3 is 3.09 bits per heavy atom. The molecule has 1 atom stereocenters. The first kappa shape index (κ1) is 8.23. The van der Waals surface area contributed by atoms with Crippen LogP contribution in [0.1, 0.15) is 6.92 Å². The standard InChI is InChI=1S/C7H10O4/c1-2-3-7(8)11-10-5-6-4-9-6/h2-3,6H,4-5H2,1H3. The number of rotatable bonds is 4. The molecule has 0 aromatic carbocycles. The second-order valence-electron chi connectivity index (χ2n) is 2.14. The van der Waals surface area contributed by atoms with Crippen molar-refractivity contribution < 1.29 is 19.3 Å². The van der Waals surface area contributed by atoms with Gasteiger partial charge in [-0.15, -0.1) is 0 Å². The Bertz CT molecular complexity index is 160. The molecule has 1 heterocycles. The molecule has 1 saturated heterocycles. The van der Waals surface area contributed by atoms with Gasteiger partial charge in [0.15, 0.2) is 0 Å². The number of hydrogen-bond acceptors (Lipinski definition) is 4. The van der Waals surface area contributed by atoms with Gasteiger partial charge < -0.3 is 4.74 Å².